The first-order chi connectivity index (χ1) is 9.78. The molecular formula is C15H14N4O. The number of anilines is 1. The van der Waals surface area contributed by atoms with Crippen LogP contribution in [-0.4, -0.2) is 22.2 Å². The van der Waals surface area contributed by atoms with Gasteiger partial charge in [0.05, 0.1) is 5.56 Å². The third-order valence-electron chi connectivity index (χ3n) is 3.01. The molecule has 0 radical (unpaired) electrons. The number of nitrogens with one attached hydrogen (secondary N) is 1. The average molecular weight is 266 g/mol. The summed E-state index contributed by atoms with van der Waals surface area (Å²) in [5.41, 5.74) is 2.92. The maximum atomic E-state index is 5.34. The number of rotatable bonds is 3. The number of pyridine rings is 1. The first-order valence-corrected chi connectivity index (χ1v) is 6.32. The van der Waals surface area contributed by atoms with Crippen LogP contribution in [0.1, 0.15) is 5.56 Å². The van der Waals surface area contributed by atoms with Crippen molar-refractivity contribution in [2.45, 2.75) is 6.92 Å². The number of aromatic nitrogens is 3. The van der Waals surface area contributed by atoms with Crippen molar-refractivity contribution in [1.29, 1.82) is 0 Å². The van der Waals surface area contributed by atoms with Gasteiger partial charge in [0.15, 0.2) is 0 Å². The van der Waals surface area contributed by atoms with E-state index in [0.717, 1.165) is 11.1 Å². The number of benzene rings is 1. The minimum atomic E-state index is 0.457. The van der Waals surface area contributed by atoms with Gasteiger partial charge in [0.2, 0.25) is 5.82 Å². The topological polar surface area (TPSA) is 63.8 Å². The molecule has 0 fully saturated rings. The summed E-state index contributed by atoms with van der Waals surface area (Å²) < 4.78 is 5.34. The zero-order valence-corrected chi connectivity index (χ0v) is 11.3. The van der Waals surface area contributed by atoms with Crippen LogP contribution in [0.5, 0.6) is 0 Å². The van der Waals surface area contributed by atoms with Gasteiger partial charge < -0.3 is 9.84 Å². The van der Waals surface area contributed by atoms with Crippen LogP contribution >= 0.6 is 0 Å². The number of nitrogens with zero attached hydrogens (tertiary/aromatic N) is 3. The van der Waals surface area contributed by atoms with Crippen LogP contribution in [0.25, 0.3) is 22.8 Å². The van der Waals surface area contributed by atoms with Gasteiger partial charge in [0.1, 0.15) is 5.82 Å². The summed E-state index contributed by atoms with van der Waals surface area (Å²) in [6, 6.07) is 11.7. The van der Waals surface area contributed by atoms with Gasteiger partial charge in [-0.2, -0.15) is 4.98 Å². The van der Waals surface area contributed by atoms with Gasteiger partial charge in [-0.1, -0.05) is 35.0 Å². The fraction of sp³-hybridized carbons (Fsp3) is 0.133. The predicted molar refractivity (Wildman–Crippen MR) is 77.2 cm³/mol. The molecule has 1 N–H and O–H groups in total. The Hall–Kier alpha value is -2.69. The number of hydrogen-bond donors (Lipinski definition) is 1. The predicted octanol–water partition coefficient (Wildman–Crippen LogP) is 3.15. The summed E-state index contributed by atoms with van der Waals surface area (Å²) in [5, 5.41) is 7.04. The van der Waals surface area contributed by atoms with Crippen LogP contribution in [0, 0.1) is 6.92 Å². The third-order valence-corrected chi connectivity index (χ3v) is 3.01. The summed E-state index contributed by atoms with van der Waals surface area (Å²) in [6.45, 7) is 2.04. The van der Waals surface area contributed by atoms with Crippen molar-refractivity contribution in [3.8, 4) is 22.8 Å². The molecule has 3 aromatic rings. The second kappa shape index (κ2) is 5.13. The Labute approximate surface area is 116 Å². The van der Waals surface area contributed by atoms with E-state index in [1.165, 1.54) is 5.56 Å². The van der Waals surface area contributed by atoms with Gasteiger partial charge in [0.25, 0.3) is 5.89 Å². The first-order valence-electron chi connectivity index (χ1n) is 6.32. The Kier molecular flexibility index (Phi) is 3.16. The van der Waals surface area contributed by atoms with Crippen LogP contribution in [0.3, 0.4) is 0 Å². The van der Waals surface area contributed by atoms with Crippen molar-refractivity contribution in [3.63, 3.8) is 0 Å². The summed E-state index contributed by atoms with van der Waals surface area (Å²) in [7, 11) is 1.81. The molecule has 5 heteroatoms. The second-order valence-electron chi connectivity index (χ2n) is 4.44. The standard InChI is InChI=1S/C15H14N4O/c1-10-5-7-11(8-6-10)13-18-15(20-19-13)12-4-3-9-17-14(12)16-2/h3-9H,1-2H3,(H,16,17). The minimum absolute atomic E-state index is 0.457. The van der Waals surface area contributed by atoms with Crippen LogP contribution in [0.15, 0.2) is 47.1 Å². The molecule has 5 nitrogen and oxygen atoms in total. The molecule has 0 aliphatic heterocycles. The van der Waals surface area contributed by atoms with Crippen LogP contribution in [-0.2, 0) is 0 Å². The van der Waals surface area contributed by atoms with E-state index >= 15 is 0 Å². The van der Waals surface area contributed by atoms with Crippen molar-refractivity contribution >= 4 is 5.82 Å². The van der Waals surface area contributed by atoms with E-state index in [9.17, 15) is 0 Å². The van der Waals surface area contributed by atoms with Crippen molar-refractivity contribution in [1.82, 2.24) is 15.1 Å². The van der Waals surface area contributed by atoms with Crippen LogP contribution < -0.4 is 5.32 Å². The van der Waals surface area contributed by atoms with Gasteiger partial charge in [0, 0.05) is 18.8 Å². The molecular weight excluding hydrogens is 252 g/mol. The SMILES string of the molecule is CNc1ncccc1-c1nc(-c2ccc(C)cc2)no1. The summed E-state index contributed by atoms with van der Waals surface area (Å²) in [6.07, 6.45) is 1.71. The smallest absolute Gasteiger partial charge is 0.261 e. The molecule has 2 aromatic heterocycles. The quantitative estimate of drug-likeness (QED) is 0.789. The molecule has 0 saturated heterocycles. The maximum absolute atomic E-state index is 5.34. The Bertz CT molecular complexity index is 719. The highest BCUT2D eigenvalue weighted by Gasteiger charge is 2.13. The Morgan fingerprint density at radius 2 is 1.90 bits per heavy atom. The lowest BCUT2D eigenvalue weighted by Gasteiger charge is -2.02. The molecule has 0 unspecified atom stereocenters. The van der Waals surface area contributed by atoms with Gasteiger partial charge in [-0.05, 0) is 19.1 Å². The highest BCUT2D eigenvalue weighted by atomic mass is 16.5. The van der Waals surface area contributed by atoms with E-state index in [2.05, 4.69) is 20.4 Å². The molecule has 100 valence electrons. The van der Waals surface area contributed by atoms with Crippen molar-refractivity contribution < 1.29 is 4.52 Å². The number of aryl methyl sites for hydroxylation is 1. The zero-order valence-electron chi connectivity index (χ0n) is 11.3. The Balaban J connectivity index is 2.00. The molecule has 0 aliphatic rings. The molecule has 0 aliphatic carbocycles. The number of hydrogen-bond acceptors (Lipinski definition) is 5. The van der Waals surface area contributed by atoms with E-state index in [1.807, 2.05) is 50.4 Å². The van der Waals surface area contributed by atoms with Crippen molar-refractivity contribution in [2.24, 2.45) is 0 Å². The second-order valence-corrected chi connectivity index (χ2v) is 4.44. The Morgan fingerprint density at radius 1 is 1.10 bits per heavy atom. The van der Waals surface area contributed by atoms with Crippen LogP contribution in [0.4, 0.5) is 5.82 Å². The summed E-state index contributed by atoms with van der Waals surface area (Å²) in [4.78, 5) is 8.66. The molecule has 0 saturated carbocycles. The average Bonchev–Trinajstić information content (AvgIpc) is 2.97. The van der Waals surface area contributed by atoms with E-state index in [1.54, 1.807) is 6.20 Å². The highest BCUT2D eigenvalue weighted by Crippen LogP contribution is 2.26. The monoisotopic (exact) mass is 266 g/mol. The summed E-state index contributed by atoms with van der Waals surface area (Å²) in [5.74, 6) is 1.75. The molecule has 1 aromatic carbocycles. The first kappa shape index (κ1) is 12.3. The maximum Gasteiger partial charge on any atom is 0.261 e. The van der Waals surface area contributed by atoms with Gasteiger partial charge in [-0.25, -0.2) is 4.98 Å². The lowest BCUT2D eigenvalue weighted by molar-refractivity contribution is 0.432. The highest BCUT2D eigenvalue weighted by molar-refractivity contribution is 5.69. The zero-order chi connectivity index (χ0) is 13.9. The van der Waals surface area contributed by atoms with E-state index in [-0.39, 0.29) is 0 Å². The lowest BCUT2D eigenvalue weighted by atomic mass is 10.1. The largest absolute Gasteiger partial charge is 0.372 e. The fourth-order valence-electron chi connectivity index (χ4n) is 1.93. The minimum Gasteiger partial charge on any atom is -0.372 e. The van der Waals surface area contributed by atoms with E-state index in [0.29, 0.717) is 17.5 Å². The van der Waals surface area contributed by atoms with Gasteiger partial charge >= 0.3 is 0 Å². The molecule has 3 rings (SSSR count). The van der Waals surface area contributed by atoms with E-state index in [4.69, 9.17) is 4.52 Å². The molecule has 0 bridgehead atoms. The molecule has 20 heavy (non-hydrogen) atoms. The van der Waals surface area contributed by atoms with Crippen molar-refractivity contribution in [2.75, 3.05) is 12.4 Å². The molecule has 0 spiro atoms. The summed E-state index contributed by atoms with van der Waals surface area (Å²) >= 11 is 0. The van der Waals surface area contributed by atoms with Crippen LogP contribution in [0.2, 0.25) is 0 Å². The van der Waals surface area contributed by atoms with Gasteiger partial charge in [-0.15, -0.1) is 0 Å². The molecule has 2 heterocycles. The van der Waals surface area contributed by atoms with E-state index < -0.39 is 0 Å². The fourth-order valence-corrected chi connectivity index (χ4v) is 1.93. The van der Waals surface area contributed by atoms with Gasteiger partial charge in [-0.3, -0.25) is 0 Å². The lowest BCUT2D eigenvalue weighted by Crippen LogP contribution is -1.94. The van der Waals surface area contributed by atoms with Crippen molar-refractivity contribution in [3.05, 3.63) is 48.2 Å². The normalized spacial score (nSPS) is 10.5. The third kappa shape index (κ3) is 2.25. The Morgan fingerprint density at radius 3 is 2.65 bits per heavy atom. The molecule has 0 atom stereocenters. The molecule has 0 amide bonds.